The van der Waals surface area contributed by atoms with Crippen LogP contribution in [0.4, 0.5) is 0 Å². The number of nitrogens with zero attached hydrogens (tertiary/aromatic N) is 2. The van der Waals surface area contributed by atoms with Gasteiger partial charge >= 0.3 is 0 Å². The minimum absolute atomic E-state index is 0.550. The van der Waals surface area contributed by atoms with E-state index in [1.165, 1.54) is 62.9 Å². The van der Waals surface area contributed by atoms with E-state index in [4.69, 9.17) is 0 Å². The van der Waals surface area contributed by atoms with Crippen LogP contribution < -0.4 is 0 Å². The topological polar surface area (TPSA) is 26.7 Å². The van der Waals surface area contributed by atoms with E-state index in [-0.39, 0.29) is 0 Å². The fourth-order valence-corrected chi connectivity index (χ4v) is 4.65. The minimum atomic E-state index is -0.550. The molecular weight excluding hydrogens is 284 g/mol. The maximum absolute atomic E-state index is 11.0. The zero-order valence-corrected chi connectivity index (χ0v) is 14.3. The SMILES string of the molecule is OC1(C2=CC[CH]C(N3CCN(C4CCC4)CC3)=C2)CCCCC1. The molecule has 0 aromatic heterocycles. The van der Waals surface area contributed by atoms with Crippen molar-refractivity contribution in [2.45, 2.75) is 69.4 Å². The van der Waals surface area contributed by atoms with E-state index in [1.54, 1.807) is 0 Å². The van der Waals surface area contributed by atoms with E-state index in [9.17, 15) is 5.11 Å². The number of rotatable bonds is 3. The molecule has 0 unspecified atom stereocenters. The molecule has 1 radical (unpaired) electrons. The predicted octanol–water partition coefficient (Wildman–Crippen LogP) is 3.27. The summed E-state index contributed by atoms with van der Waals surface area (Å²) in [6.45, 7) is 4.70. The molecule has 23 heavy (non-hydrogen) atoms. The second kappa shape index (κ2) is 6.60. The summed E-state index contributed by atoms with van der Waals surface area (Å²) in [7, 11) is 0. The number of allylic oxidation sites excluding steroid dienone is 2. The Morgan fingerprint density at radius 3 is 2.35 bits per heavy atom. The average Bonchev–Trinajstić information content (AvgIpc) is 2.55. The van der Waals surface area contributed by atoms with Gasteiger partial charge in [-0.3, -0.25) is 4.90 Å². The highest BCUT2D eigenvalue weighted by Crippen LogP contribution is 2.38. The Bertz CT molecular complexity index is 478. The molecule has 127 valence electrons. The minimum Gasteiger partial charge on any atom is -0.385 e. The standard InChI is InChI=1S/C20H31N2O/c23-20(10-2-1-3-11-20)17-6-4-9-19(16-17)22-14-12-21(13-15-22)18-7-5-8-18/h6,9,16,18,23H,1-5,7-8,10-15H2. The largest absolute Gasteiger partial charge is 0.385 e. The first-order valence-electron chi connectivity index (χ1n) is 9.72. The van der Waals surface area contributed by atoms with E-state index in [1.807, 2.05) is 0 Å². The van der Waals surface area contributed by atoms with Gasteiger partial charge in [-0.1, -0.05) is 31.8 Å². The van der Waals surface area contributed by atoms with Gasteiger partial charge in [-0.05, 0) is 43.8 Å². The van der Waals surface area contributed by atoms with Crippen molar-refractivity contribution >= 4 is 0 Å². The molecule has 1 saturated heterocycles. The Morgan fingerprint density at radius 1 is 0.957 bits per heavy atom. The van der Waals surface area contributed by atoms with Crippen molar-refractivity contribution in [3.8, 4) is 0 Å². The van der Waals surface area contributed by atoms with Crippen LogP contribution in [-0.2, 0) is 0 Å². The van der Waals surface area contributed by atoms with Crippen molar-refractivity contribution in [2.24, 2.45) is 0 Å². The van der Waals surface area contributed by atoms with Crippen LogP contribution in [0.5, 0.6) is 0 Å². The molecule has 1 heterocycles. The summed E-state index contributed by atoms with van der Waals surface area (Å²) >= 11 is 0. The summed E-state index contributed by atoms with van der Waals surface area (Å²) in [5.41, 5.74) is 2.00. The van der Waals surface area contributed by atoms with E-state index in [2.05, 4.69) is 28.4 Å². The Labute approximate surface area is 141 Å². The second-order valence-corrected chi connectivity index (χ2v) is 7.87. The van der Waals surface area contributed by atoms with Gasteiger partial charge in [0, 0.05) is 44.3 Å². The van der Waals surface area contributed by atoms with Crippen molar-refractivity contribution < 1.29 is 5.11 Å². The quantitative estimate of drug-likeness (QED) is 0.866. The van der Waals surface area contributed by atoms with Crippen LogP contribution in [0.1, 0.15) is 57.8 Å². The van der Waals surface area contributed by atoms with Crippen molar-refractivity contribution in [3.05, 3.63) is 29.8 Å². The number of aliphatic hydroxyl groups is 1. The molecule has 0 spiro atoms. The van der Waals surface area contributed by atoms with Crippen LogP contribution in [-0.4, -0.2) is 52.7 Å². The lowest BCUT2D eigenvalue weighted by molar-refractivity contribution is 0.0417. The highest BCUT2D eigenvalue weighted by molar-refractivity contribution is 5.39. The summed E-state index contributed by atoms with van der Waals surface area (Å²) in [6, 6.07) is 0.875. The maximum Gasteiger partial charge on any atom is 0.0894 e. The van der Waals surface area contributed by atoms with Crippen LogP contribution >= 0.6 is 0 Å². The van der Waals surface area contributed by atoms with Crippen molar-refractivity contribution in [1.82, 2.24) is 9.80 Å². The van der Waals surface area contributed by atoms with Crippen LogP contribution in [0, 0.1) is 6.42 Å². The van der Waals surface area contributed by atoms with Gasteiger partial charge in [-0.25, -0.2) is 0 Å². The third-order valence-electron chi connectivity index (χ3n) is 6.46. The molecule has 0 aromatic rings. The number of hydrogen-bond donors (Lipinski definition) is 1. The molecule has 0 bridgehead atoms. The Morgan fingerprint density at radius 2 is 1.70 bits per heavy atom. The van der Waals surface area contributed by atoms with Crippen LogP contribution in [0.3, 0.4) is 0 Å². The van der Waals surface area contributed by atoms with Crippen LogP contribution in [0.2, 0.25) is 0 Å². The molecule has 3 fully saturated rings. The first kappa shape index (κ1) is 15.7. The van der Waals surface area contributed by atoms with Gasteiger partial charge in [0.05, 0.1) is 5.60 Å². The zero-order valence-electron chi connectivity index (χ0n) is 14.3. The molecule has 3 nitrogen and oxygen atoms in total. The number of piperazine rings is 1. The molecule has 0 aromatic carbocycles. The lowest BCUT2D eigenvalue weighted by Gasteiger charge is -2.44. The summed E-state index contributed by atoms with van der Waals surface area (Å²) in [5, 5.41) is 11.0. The average molecular weight is 315 g/mol. The van der Waals surface area contributed by atoms with Crippen molar-refractivity contribution in [1.29, 1.82) is 0 Å². The van der Waals surface area contributed by atoms with Gasteiger partial charge in [0.15, 0.2) is 0 Å². The normalized spacial score (nSPS) is 29.7. The van der Waals surface area contributed by atoms with Gasteiger partial charge in [-0.2, -0.15) is 0 Å². The van der Waals surface area contributed by atoms with Crippen molar-refractivity contribution in [3.63, 3.8) is 0 Å². The van der Waals surface area contributed by atoms with E-state index in [0.717, 1.165) is 38.4 Å². The summed E-state index contributed by atoms with van der Waals surface area (Å²) < 4.78 is 0. The fraction of sp³-hybridized carbons (Fsp3) is 0.750. The van der Waals surface area contributed by atoms with Gasteiger partial charge in [-0.15, -0.1) is 0 Å². The van der Waals surface area contributed by atoms with Gasteiger partial charge in [0.2, 0.25) is 0 Å². The highest BCUT2D eigenvalue weighted by atomic mass is 16.3. The first-order chi connectivity index (χ1) is 11.2. The fourth-order valence-electron chi connectivity index (χ4n) is 4.65. The maximum atomic E-state index is 11.0. The van der Waals surface area contributed by atoms with E-state index >= 15 is 0 Å². The first-order valence-corrected chi connectivity index (χ1v) is 9.72. The Hall–Kier alpha value is -0.800. The van der Waals surface area contributed by atoms with Crippen LogP contribution in [0.25, 0.3) is 0 Å². The molecule has 0 atom stereocenters. The van der Waals surface area contributed by atoms with E-state index < -0.39 is 5.60 Å². The molecule has 1 N–H and O–H groups in total. The van der Waals surface area contributed by atoms with Gasteiger partial charge < -0.3 is 10.0 Å². The number of hydrogen-bond acceptors (Lipinski definition) is 3. The molecule has 2 saturated carbocycles. The Kier molecular flexibility index (Phi) is 4.51. The molecule has 3 aliphatic carbocycles. The summed E-state index contributed by atoms with van der Waals surface area (Å²) in [4.78, 5) is 5.23. The van der Waals surface area contributed by atoms with Crippen LogP contribution in [0.15, 0.2) is 23.4 Å². The molecule has 4 rings (SSSR count). The monoisotopic (exact) mass is 315 g/mol. The molecular formula is C20H31N2O. The lowest BCUT2D eigenvalue weighted by Crippen LogP contribution is -2.52. The smallest absolute Gasteiger partial charge is 0.0894 e. The third-order valence-corrected chi connectivity index (χ3v) is 6.46. The lowest BCUT2D eigenvalue weighted by atomic mass is 9.77. The van der Waals surface area contributed by atoms with E-state index in [0.29, 0.717) is 0 Å². The zero-order chi connectivity index (χ0) is 15.7. The van der Waals surface area contributed by atoms with Crippen molar-refractivity contribution in [2.75, 3.05) is 26.2 Å². The molecule has 0 amide bonds. The van der Waals surface area contributed by atoms with Gasteiger partial charge in [0.25, 0.3) is 0 Å². The predicted molar refractivity (Wildman–Crippen MR) is 93.9 cm³/mol. The third kappa shape index (κ3) is 3.23. The second-order valence-electron chi connectivity index (χ2n) is 7.87. The Balaban J connectivity index is 1.40. The summed E-state index contributed by atoms with van der Waals surface area (Å²) in [6.07, 6.45) is 17.6. The highest BCUT2D eigenvalue weighted by Gasteiger charge is 2.34. The molecule has 4 aliphatic rings. The molecule has 1 aliphatic heterocycles. The molecule has 3 heteroatoms. The summed E-state index contributed by atoms with van der Waals surface area (Å²) in [5.74, 6) is 0. The van der Waals surface area contributed by atoms with Gasteiger partial charge in [0.1, 0.15) is 0 Å².